The number of pyridine rings is 1. The molecule has 23 heavy (non-hydrogen) atoms. The number of nitrogens with one attached hydrogen (secondary N) is 1. The highest BCUT2D eigenvalue weighted by molar-refractivity contribution is 5.62. The van der Waals surface area contributed by atoms with Crippen LogP contribution in [0.1, 0.15) is 31.7 Å². The van der Waals surface area contributed by atoms with Crippen molar-refractivity contribution >= 4 is 0 Å². The summed E-state index contributed by atoms with van der Waals surface area (Å²) in [6.45, 7) is 6.75. The molecule has 2 aromatic rings. The number of likely N-dealkylation sites (N-methyl/N-ethyl adjacent to an activating group) is 1. The van der Waals surface area contributed by atoms with Crippen LogP contribution in [0, 0.1) is 0 Å². The predicted molar refractivity (Wildman–Crippen MR) is 96.3 cm³/mol. The van der Waals surface area contributed by atoms with Gasteiger partial charge in [-0.3, -0.25) is 9.88 Å². The van der Waals surface area contributed by atoms with Gasteiger partial charge < -0.3 is 5.32 Å². The minimum Gasteiger partial charge on any atom is -0.311 e. The first-order chi connectivity index (χ1) is 11.4. The third kappa shape index (κ3) is 4.40. The molecule has 2 heterocycles. The first kappa shape index (κ1) is 16.2. The second-order valence-electron chi connectivity index (χ2n) is 6.35. The van der Waals surface area contributed by atoms with Crippen molar-refractivity contribution in [3.05, 3.63) is 54.4 Å². The molecule has 1 fully saturated rings. The zero-order valence-electron chi connectivity index (χ0n) is 14.0. The lowest BCUT2D eigenvalue weighted by atomic mass is 10.0. The van der Waals surface area contributed by atoms with Gasteiger partial charge in [-0.25, -0.2) is 0 Å². The van der Waals surface area contributed by atoms with Gasteiger partial charge in [-0.05, 0) is 48.7 Å². The van der Waals surface area contributed by atoms with E-state index in [2.05, 4.69) is 52.5 Å². The molecule has 1 aliphatic rings. The summed E-state index contributed by atoms with van der Waals surface area (Å²) in [7, 11) is 0. The fraction of sp³-hybridized carbons (Fsp3) is 0.450. The highest BCUT2D eigenvalue weighted by atomic mass is 15.2. The summed E-state index contributed by atoms with van der Waals surface area (Å²) < 4.78 is 0. The van der Waals surface area contributed by atoms with Gasteiger partial charge in [0.05, 0.1) is 0 Å². The van der Waals surface area contributed by atoms with Gasteiger partial charge in [0.25, 0.3) is 0 Å². The number of rotatable bonds is 6. The molecule has 0 saturated carbocycles. The van der Waals surface area contributed by atoms with E-state index in [4.69, 9.17) is 0 Å². The Bertz CT molecular complexity index is 580. The molecule has 122 valence electrons. The summed E-state index contributed by atoms with van der Waals surface area (Å²) in [6, 6.07) is 13.6. The van der Waals surface area contributed by atoms with Crippen LogP contribution < -0.4 is 5.32 Å². The molecule has 1 N–H and O–H groups in total. The van der Waals surface area contributed by atoms with Crippen LogP contribution in [0.15, 0.2) is 48.8 Å². The van der Waals surface area contributed by atoms with Crippen molar-refractivity contribution in [3.63, 3.8) is 0 Å². The van der Waals surface area contributed by atoms with E-state index < -0.39 is 0 Å². The average molecular weight is 309 g/mol. The number of hydrogen-bond donors (Lipinski definition) is 1. The Morgan fingerprint density at radius 3 is 2.74 bits per heavy atom. The largest absolute Gasteiger partial charge is 0.311 e. The van der Waals surface area contributed by atoms with Gasteiger partial charge in [-0.2, -0.15) is 0 Å². The van der Waals surface area contributed by atoms with E-state index >= 15 is 0 Å². The molecule has 1 aromatic carbocycles. The Hall–Kier alpha value is -1.71. The quantitative estimate of drug-likeness (QED) is 0.881. The highest BCUT2D eigenvalue weighted by Gasteiger charge is 2.19. The summed E-state index contributed by atoms with van der Waals surface area (Å²) in [5.41, 5.74) is 3.75. The molecule has 0 aliphatic carbocycles. The Balaban J connectivity index is 1.51. The molecule has 1 saturated heterocycles. The second-order valence-corrected chi connectivity index (χ2v) is 6.35. The predicted octanol–water partition coefficient (Wildman–Crippen LogP) is 3.71. The molecule has 1 unspecified atom stereocenters. The van der Waals surface area contributed by atoms with E-state index in [0.29, 0.717) is 6.04 Å². The van der Waals surface area contributed by atoms with Crippen molar-refractivity contribution in [1.29, 1.82) is 0 Å². The Labute approximate surface area is 139 Å². The van der Waals surface area contributed by atoms with Crippen molar-refractivity contribution in [2.75, 3.05) is 19.6 Å². The fourth-order valence-electron chi connectivity index (χ4n) is 3.44. The lowest BCUT2D eigenvalue weighted by molar-refractivity contribution is 0.153. The molecule has 0 spiro atoms. The molecule has 0 radical (unpaired) electrons. The topological polar surface area (TPSA) is 28.2 Å². The van der Waals surface area contributed by atoms with Crippen LogP contribution in [0.2, 0.25) is 0 Å². The molecule has 3 heteroatoms. The molecule has 1 aliphatic heterocycles. The normalized spacial score (nSPS) is 18.9. The molecular weight excluding hydrogens is 282 g/mol. The van der Waals surface area contributed by atoms with Crippen LogP contribution in [0.3, 0.4) is 0 Å². The van der Waals surface area contributed by atoms with E-state index in [0.717, 1.165) is 13.1 Å². The SMILES string of the molecule is CCN1CCCCC1CNCc1ccc(-c2cccnc2)cc1. The zero-order valence-corrected chi connectivity index (χ0v) is 14.0. The maximum absolute atomic E-state index is 4.18. The standard InChI is InChI=1S/C20H27N3/c1-2-23-13-4-3-7-20(23)16-22-14-17-8-10-18(11-9-17)19-6-5-12-21-15-19/h5-6,8-12,15,20,22H,2-4,7,13-14,16H2,1H3. The lowest BCUT2D eigenvalue weighted by Crippen LogP contribution is -2.45. The summed E-state index contributed by atoms with van der Waals surface area (Å²) in [5, 5.41) is 3.64. The van der Waals surface area contributed by atoms with Gasteiger partial charge in [0.2, 0.25) is 0 Å². The van der Waals surface area contributed by atoms with Crippen molar-refractivity contribution in [2.24, 2.45) is 0 Å². The van der Waals surface area contributed by atoms with E-state index in [-0.39, 0.29) is 0 Å². The smallest absolute Gasteiger partial charge is 0.0346 e. The minimum atomic E-state index is 0.711. The van der Waals surface area contributed by atoms with Gasteiger partial charge in [0.15, 0.2) is 0 Å². The molecule has 3 nitrogen and oxygen atoms in total. The fourth-order valence-corrected chi connectivity index (χ4v) is 3.44. The Kier molecular flexibility index (Phi) is 5.78. The molecule has 3 rings (SSSR count). The number of nitrogens with zero attached hydrogens (tertiary/aromatic N) is 2. The van der Waals surface area contributed by atoms with E-state index in [9.17, 15) is 0 Å². The van der Waals surface area contributed by atoms with Crippen molar-refractivity contribution in [3.8, 4) is 11.1 Å². The monoisotopic (exact) mass is 309 g/mol. The number of likely N-dealkylation sites (tertiary alicyclic amines) is 1. The third-order valence-electron chi connectivity index (χ3n) is 4.81. The molecule has 1 atom stereocenters. The van der Waals surface area contributed by atoms with Gasteiger partial charge in [0, 0.05) is 31.5 Å². The van der Waals surface area contributed by atoms with Crippen LogP contribution in [-0.4, -0.2) is 35.6 Å². The first-order valence-corrected chi connectivity index (χ1v) is 8.81. The summed E-state index contributed by atoms with van der Waals surface area (Å²) in [5.74, 6) is 0. The number of benzene rings is 1. The van der Waals surface area contributed by atoms with Gasteiger partial charge in [0.1, 0.15) is 0 Å². The number of hydrogen-bond acceptors (Lipinski definition) is 3. The van der Waals surface area contributed by atoms with Crippen molar-refractivity contribution in [1.82, 2.24) is 15.2 Å². The number of aromatic nitrogens is 1. The summed E-state index contributed by atoms with van der Waals surface area (Å²) in [6.07, 6.45) is 7.80. The molecule has 1 aromatic heterocycles. The third-order valence-corrected chi connectivity index (χ3v) is 4.81. The molecule has 0 amide bonds. The highest BCUT2D eigenvalue weighted by Crippen LogP contribution is 2.19. The average Bonchev–Trinajstić information content (AvgIpc) is 2.63. The van der Waals surface area contributed by atoms with Gasteiger partial charge in [-0.15, -0.1) is 0 Å². The minimum absolute atomic E-state index is 0.711. The number of piperidine rings is 1. The summed E-state index contributed by atoms with van der Waals surface area (Å²) in [4.78, 5) is 6.80. The van der Waals surface area contributed by atoms with Crippen LogP contribution in [-0.2, 0) is 6.54 Å². The van der Waals surface area contributed by atoms with E-state index in [1.165, 1.54) is 49.0 Å². The Morgan fingerprint density at radius 2 is 2.00 bits per heavy atom. The maximum atomic E-state index is 4.18. The van der Waals surface area contributed by atoms with Crippen LogP contribution in [0.5, 0.6) is 0 Å². The van der Waals surface area contributed by atoms with Crippen LogP contribution in [0.4, 0.5) is 0 Å². The first-order valence-electron chi connectivity index (χ1n) is 8.81. The van der Waals surface area contributed by atoms with Gasteiger partial charge in [-0.1, -0.05) is 43.7 Å². The van der Waals surface area contributed by atoms with Gasteiger partial charge >= 0.3 is 0 Å². The molecular formula is C20H27N3. The van der Waals surface area contributed by atoms with E-state index in [1.54, 1.807) is 0 Å². The maximum Gasteiger partial charge on any atom is 0.0346 e. The second kappa shape index (κ2) is 8.23. The van der Waals surface area contributed by atoms with Crippen LogP contribution in [0.25, 0.3) is 11.1 Å². The zero-order chi connectivity index (χ0) is 15.9. The van der Waals surface area contributed by atoms with Crippen molar-refractivity contribution < 1.29 is 0 Å². The van der Waals surface area contributed by atoms with E-state index in [1.807, 2.05) is 18.5 Å². The Morgan fingerprint density at radius 1 is 1.13 bits per heavy atom. The van der Waals surface area contributed by atoms with Crippen LogP contribution >= 0.6 is 0 Å². The van der Waals surface area contributed by atoms with Crippen molar-refractivity contribution in [2.45, 2.75) is 38.8 Å². The lowest BCUT2D eigenvalue weighted by Gasteiger charge is -2.35. The summed E-state index contributed by atoms with van der Waals surface area (Å²) >= 11 is 0. The molecule has 0 bridgehead atoms.